The molecule has 52 valence electrons. The Hall–Kier alpha value is 0.126. The minimum atomic E-state index is -0.965. The fourth-order valence-corrected chi connectivity index (χ4v) is 0.326. The van der Waals surface area contributed by atoms with Gasteiger partial charge in [0.1, 0.15) is 0 Å². The van der Waals surface area contributed by atoms with Crippen molar-refractivity contribution in [2.75, 3.05) is 0 Å². The molecule has 0 aromatic heterocycles. The fourth-order valence-electron chi connectivity index (χ4n) is 0.214. The molecule has 0 saturated carbocycles. The average Bonchev–Trinajstić information content (AvgIpc) is 1.61. The number of thiol groups is 1. The zero-order valence-electron chi connectivity index (χ0n) is 4.13. The van der Waals surface area contributed by atoms with E-state index in [0.717, 1.165) is 0 Å². The number of carboxylic acid groups (broad SMARTS) is 1. The first-order valence-electron chi connectivity index (χ1n) is 2.06. The molecule has 0 unspecified atom stereocenters. The Balaban J connectivity index is 0. The molecule has 0 saturated heterocycles. The Morgan fingerprint density at radius 2 is 1.78 bits per heavy atom. The Bertz CT molecular complexity index is 100. The van der Waals surface area contributed by atoms with Crippen molar-refractivity contribution >= 4 is 43.5 Å². The molecule has 0 aromatic rings. The van der Waals surface area contributed by atoms with Crippen LogP contribution in [0.1, 0.15) is 12.8 Å². The molecule has 5 heteroatoms. The molecule has 0 spiro atoms. The van der Waals surface area contributed by atoms with Crippen molar-refractivity contribution in [3.8, 4) is 0 Å². The van der Waals surface area contributed by atoms with Gasteiger partial charge in [0.25, 0.3) is 0 Å². The molecule has 0 radical (unpaired) electrons. The van der Waals surface area contributed by atoms with Crippen LogP contribution in [0.4, 0.5) is 0 Å². The van der Waals surface area contributed by atoms with Gasteiger partial charge in [0.05, 0.1) is 6.42 Å². The van der Waals surface area contributed by atoms with E-state index >= 15 is 0 Å². The number of carbonyl (C=O) groups is 2. The topological polar surface area (TPSA) is 54.4 Å². The van der Waals surface area contributed by atoms with Crippen LogP contribution in [0.25, 0.3) is 0 Å². The Kier molecular flexibility index (Phi) is 8.24. The van der Waals surface area contributed by atoms with Gasteiger partial charge in [-0.2, -0.15) is 0 Å². The normalized spacial score (nSPS) is 7.67. The molecule has 0 rings (SSSR count). The molecule has 0 aromatic carbocycles. The fraction of sp³-hybridized carbons (Fsp3) is 0.500. The minimum absolute atomic E-state index is 0. The van der Waals surface area contributed by atoms with Gasteiger partial charge in [-0.05, 0) is 0 Å². The standard InChI is InChI=1S/C4H6O3S.Ga.3H/c5-3(6)1-2-4(7)8;;;;/h1-2H2,(H,5,6)(H,7,8);;;;. The Morgan fingerprint density at radius 3 is 1.89 bits per heavy atom. The SMILES string of the molecule is O=C(O)CCC(=O)S.[GaH3]. The molecule has 0 aliphatic carbocycles. The second-order valence-corrected chi connectivity index (χ2v) is 1.79. The second kappa shape index (κ2) is 6.25. The molecule has 0 fully saturated rings. The van der Waals surface area contributed by atoms with Crippen LogP contribution in [0, 0.1) is 0 Å². The molecule has 3 nitrogen and oxygen atoms in total. The van der Waals surface area contributed by atoms with E-state index in [9.17, 15) is 9.59 Å². The zero-order chi connectivity index (χ0) is 6.57. The first kappa shape index (κ1) is 11.9. The monoisotopic (exact) mass is 206 g/mol. The van der Waals surface area contributed by atoms with E-state index in [1.165, 1.54) is 0 Å². The molecule has 0 atom stereocenters. The molecule has 1 N–H and O–H groups in total. The third-order valence-corrected chi connectivity index (χ3v) is 0.776. The summed E-state index contributed by atoms with van der Waals surface area (Å²) in [5, 5.41) is 7.59. The summed E-state index contributed by atoms with van der Waals surface area (Å²) in [7, 11) is 0. The number of carboxylic acids is 1. The number of hydrogen-bond donors (Lipinski definition) is 2. The van der Waals surface area contributed by atoms with Crippen LogP contribution >= 0.6 is 12.6 Å². The predicted molar refractivity (Wildman–Crippen MR) is 40.8 cm³/mol. The van der Waals surface area contributed by atoms with Crippen LogP contribution in [-0.2, 0) is 9.59 Å². The van der Waals surface area contributed by atoms with E-state index in [4.69, 9.17) is 5.11 Å². The van der Waals surface area contributed by atoms with Crippen molar-refractivity contribution in [2.24, 2.45) is 0 Å². The van der Waals surface area contributed by atoms with Gasteiger partial charge < -0.3 is 5.11 Å². The summed E-state index contributed by atoms with van der Waals surface area (Å²) in [5.74, 6) is -0.965. The third kappa shape index (κ3) is 11.6. The van der Waals surface area contributed by atoms with Crippen LogP contribution < -0.4 is 0 Å². The molecule has 0 amide bonds. The van der Waals surface area contributed by atoms with Gasteiger partial charge in [-0.1, -0.05) is 0 Å². The van der Waals surface area contributed by atoms with Crippen molar-refractivity contribution in [3.05, 3.63) is 0 Å². The average molecular weight is 207 g/mol. The van der Waals surface area contributed by atoms with E-state index < -0.39 is 5.97 Å². The maximum atomic E-state index is 9.95. The quantitative estimate of drug-likeness (QED) is 0.466. The van der Waals surface area contributed by atoms with Crippen molar-refractivity contribution in [2.45, 2.75) is 12.8 Å². The molecule has 0 aliphatic rings. The van der Waals surface area contributed by atoms with Crippen molar-refractivity contribution in [3.63, 3.8) is 0 Å². The predicted octanol–water partition coefficient (Wildman–Crippen LogP) is -0.876. The molecule has 0 heterocycles. The maximum absolute atomic E-state index is 9.95. The summed E-state index contributed by atoms with van der Waals surface area (Å²) in [5.41, 5.74) is 0. The molecule has 9 heavy (non-hydrogen) atoms. The Morgan fingerprint density at radius 1 is 1.33 bits per heavy atom. The summed E-state index contributed by atoms with van der Waals surface area (Å²) < 4.78 is 0. The number of rotatable bonds is 3. The van der Waals surface area contributed by atoms with Crippen molar-refractivity contribution in [1.29, 1.82) is 0 Å². The summed E-state index contributed by atoms with van der Waals surface area (Å²) >= 11 is 3.37. The van der Waals surface area contributed by atoms with E-state index in [1.54, 1.807) is 0 Å². The van der Waals surface area contributed by atoms with Crippen LogP contribution in [0.5, 0.6) is 0 Å². The number of hydrogen-bond acceptors (Lipinski definition) is 2. The third-order valence-electron chi connectivity index (χ3n) is 0.553. The molecule has 0 aliphatic heterocycles. The number of carbonyl (C=O) groups excluding carboxylic acids is 1. The van der Waals surface area contributed by atoms with E-state index in [0.29, 0.717) is 0 Å². The van der Waals surface area contributed by atoms with E-state index in [1.807, 2.05) is 0 Å². The summed E-state index contributed by atoms with van der Waals surface area (Å²) in [4.78, 5) is 19.7. The van der Waals surface area contributed by atoms with Crippen molar-refractivity contribution < 1.29 is 14.7 Å². The van der Waals surface area contributed by atoms with Gasteiger partial charge in [-0.25, -0.2) is 0 Å². The summed E-state index contributed by atoms with van der Waals surface area (Å²) in [6.07, 6.45) is -0.110. The van der Waals surface area contributed by atoms with Crippen LogP contribution in [0.15, 0.2) is 0 Å². The van der Waals surface area contributed by atoms with Gasteiger partial charge in [0.2, 0.25) is 0 Å². The van der Waals surface area contributed by atoms with Gasteiger partial charge in [-0.15, -0.1) is 12.6 Å². The molecular formula is C4H9GaO3S. The van der Waals surface area contributed by atoms with Gasteiger partial charge >= 0.3 is 25.8 Å². The number of aliphatic carboxylic acids is 1. The van der Waals surface area contributed by atoms with E-state index in [-0.39, 0.29) is 37.7 Å². The first-order valence-corrected chi connectivity index (χ1v) is 2.51. The molecule has 0 bridgehead atoms. The van der Waals surface area contributed by atoms with Crippen LogP contribution in [0.2, 0.25) is 0 Å². The summed E-state index contributed by atoms with van der Waals surface area (Å²) in [6.45, 7) is 0. The van der Waals surface area contributed by atoms with E-state index in [2.05, 4.69) is 12.6 Å². The second-order valence-electron chi connectivity index (χ2n) is 1.29. The van der Waals surface area contributed by atoms with Gasteiger partial charge in [-0.3, -0.25) is 9.59 Å². The van der Waals surface area contributed by atoms with Gasteiger partial charge in [0, 0.05) is 6.42 Å². The van der Waals surface area contributed by atoms with Crippen LogP contribution in [-0.4, -0.2) is 36.0 Å². The van der Waals surface area contributed by atoms with Gasteiger partial charge in [0.15, 0.2) is 5.12 Å². The van der Waals surface area contributed by atoms with Crippen molar-refractivity contribution in [1.82, 2.24) is 0 Å². The Labute approximate surface area is 71.3 Å². The first-order chi connectivity index (χ1) is 3.63. The summed E-state index contributed by atoms with van der Waals surface area (Å²) in [6, 6.07) is 0. The zero-order valence-corrected chi connectivity index (χ0v) is 5.02. The van der Waals surface area contributed by atoms with Crippen LogP contribution in [0.3, 0.4) is 0 Å². The molecular weight excluding hydrogens is 198 g/mol.